The van der Waals surface area contributed by atoms with Crippen molar-refractivity contribution in [2.24, 2.45) is 33.5 Å². The third-order valence-electron chi connectivity index (χ3n) is 7.99. The number of carboxylic acids is 4. The van der Waals surface area contributed by atoms with Crippen LogP contribution in [-0.2, 0) is 19.2 Å². The molecule has 0 heterocycles. The Labute approximate surface area is 164 Å². The van der Waals surface area contributed by atoms with Gasteiger partial charge < -0.3 is 20.4 Å². The quantitative estimate of drug-likeness (QED) is 0.562. The summed E-state index contributed by atoms with van der Waals surface area (Å²) in [5, 5.41) is 36.2. The van der Waals surface area contributed by atoms with Crippen molar-refractivity contribution >= 4 is 23.9 Å². The predicted molar refractivity (Wildman–Crippen MR) is 99.8 cm³/mol. The molecule has 160 valence electrons. The molecule has 0 amide bonds. The molecule has 8 nitrogen and oxygen atoms in total. The van der Waals surface area contributed by atoms with Crippen molar-refractivity contribution in [2.75, 3.05) is 0 Å². The van der Waals surface area contributed by atoms with E-state index < -0.39 is 57.4 Å². The molecule has 0 aromatic carbocycles. The maximum absolute atomic E-state index is 11.1. The molecule has 2 aliphatic rings. The van der Waals surface area contributed by atoms with Crippen molar-refractivity contribution in [2.45, 2.75) is 67.2 Å². The van der Waals surface area contributed by atoms with E-state index in [9.17, 15) is 19.2 Å². The Morgan fingerprint density at radius 1 is 0.607 bits per heavy atom. The van der Waals surface area contributed by atoms with E-state index in [-0.39, 0.29) is 0 Å². The summed E-state index contributed by atoms with van der Waals surface area (Å²) < 4.78 is 0. The molecule has 2 saturated carbocycles. The third kappa shape index (κ3) is 3.49. The lowest BCUT2D eigenvalue weighted by atomic mass is 9.66. The number of carbonyl (C=O) groups is 4. The molecule has 2 aliphatic carbocycles. The van der Waals surface area contributed by atoms with Crippen LogP contribution in [0.3, 0.4) is 0 Å². The van der Waals surface area contributed by atoms with Crippen LogP contribution in [0.25, 0.3) is 0 Å². The highest BCUT2D eigenvalue weighted by Crippen LogP contribution is 2.57. The highest BCUT2D eigenvalue weighted by atomic mass is 16.4. The van der Waals surface area contributed by atoms with E-state index in [2.05, 4.69) is 0 Å². The summed E-state index contributed by atoms with van der Waals surface area (Å²) in [6, 6.07) is 0. The minimum atomic E-state index is -0.921. The second-order valence-electron chi connectivity index (χ2n) is 9.58. The van der Waals surface area contributed by atoms with E-state index in [1.807, 2.05) is 0 Å². The van der Waals surface area contributed by atoms with Crippen molar-refractivity contribution in [3.8, 4) is 0 Å². The summed E-state index contributed by atoms with van der Waals surface area (Å²) >= 11 is 0. The first-order valence-corrected chi connectivity index (χ1v) is 9.39. The Hall–Kier alpha value is -2.12. The second-order valence-corrected chi connectivity index (χ2v) is 9.58. The van der Waals surface area contributed by atoms with E-state index in [4.69, 9.17) is 20.4 Å². The van der Waals surface area contributed by atoms with Crippen LogP contribution in [-0.4, -0.2) is 44.3 Å². The molecule has 0 saturated heterocycles. The number of carboxylic acid groups (broad SMARTS) is 4. The van der Waals surface area contributed by atoms with Crippen LogP contribution in [0.2, 0.25) is 0 Å². The van der Waals surface area contributed by atoms with E-state index in [0.29, 0.717) is 25.7 Å². The number of hydrogen-bond donors (Lipinski definition) is 4. The van der Waals surface area contributed by atoms with Crippen molar-refractivity contribution in [3.05, 3.63) is 0 Å². The first kappa shape index (κ1) is 23.9. The SMILES string of the molecule is CC1(C)[C@@H](C(=O)O)CC[C@@]1(C)C(=O)O.CC1(C)[C@@H](C(=O)O)CC[C@@]1(C)C(=O)O. The van der Waals surface area contributed by atoms with Crippen LogP contribution in [0.4, 0.5) is 0 Å². The smallest absolute Gasteiger partial charge is 0.309 e. The summed E-state index contributed by atoms with van der Waals surface area (Å²) in [4.78, 5) is 44.1. The lowest BCUT2D eigenvalue weighted by Crippen LogP contribution is -2.42. The van der Waals surface area contributed by atoms with Crippen LogP contribution >= 0.6 is 0 Å². The molecule has 4 atom stereocenters. The maximum Gasteiger partial charge on any atom is 0.309 e. The molecule has 0 unspecified atom stereocenters. The van der Waals surface area contributed by atoms with E-state index in [0.717, 1.165) is 0 Å². The van der Waals surface area contributed by atoms with Gasteiger partial charge in [0.2, 0.25) is 0 Å². The fraction of sp³-hybridized carbons (Fsp3) is 0.800. The first-order chi connectivity index (χ1) is 12.5. The van der Waals surface area contributed by atoms with Gasteiger partial charge in [-0.15, -0.1) is 0 Å². The maximum atomic E-state index is 11.1. The monoisotopic (exact) mass is 400 g/mol. The van der Waals surface area contributed by atoms with Crippen molar-refractivity contribution in [3.63, 3.8) is 0 Å². The molecule has 2 fully saturated rings. The summed E-state index contributed by atoms with van der Waals surface area (Å²) in [6.45, 7) is 10.2. The lowest BCUT2D eigenvalue weighted by Gasteiger charge is -2.36. The van der Waals surface area contributed by atoms with Gasteiger partial charge in [0, 0.05) is 0 Å². The summed E-state index contributed by atoms with van der Waals surface area (Å²) in [6.07, 6.45) is 1.77. The Morgan fingerprint density at radius 3 is 0.964 bits per heavy atom. The molecular weight excluding hydrogens is 368 g/mol. The number of hydrogen-bond acceptors (Lipinski definition) is 4. The van der Waals surface area contributed by atoms with Crippen LogP contribution in [0.1, 0.15) is 67.2 Å². The molecule has 4 N–H and O–H groups in total. The highest BCUT2D eigenvalue weighted by molar-refractivity contribution is 5.80. The van der Waals surface area contributed by atoms with Gasteiger partial charge in [0.1, 0.15) is 0 Å². The molecule has 0 radical (unpaired) electrons. The number of aliphatic carboxylic acids is 4. The van der Waals surface area contributed by atoms with Gasteiger partial charge >= 0.3 is 23.9 Å². The fourth-order valence-electron chi connectivity index (χ4n) is 4.63. The Balaban J connectivity index is 0.000000280. The van der Waals surface area contributed by atoms with Crippen LogP contribution in [0.5, 0.6) is 0 Å². The van der Waals surface area contributed by atoms with Crippen LogP contribution in [0, 0.1) is 33.5 Å². The van der Waals surface area contributed by atoms with Crippen molar-refractivity contribution in [1.82, 2.24) is 0 Å². The summed E-state index contributed by atoms with van der Waals surface area (Å²) in [7, 11) is 0. The van der Waals surface area contributed by atoms with Gasteiger partial charge in [0.15, 0.2) is 0 Å². The molecule has 2 rings (SSSR count). The molecule has 8 heteroatoms. The van der Waals surface area contributed by atoms with Crippen LogP contribution in [0.15, 0.2) is 0 Å². The normalized spacial score (nSPS) is 35.5. The topological polar surface area (TPSA) is 149 Å². The zero-order valence-corrected chi connectivity index (χ0v) is 17.4. The van der Waals surface area contributed by atoms with Crippen molar-refractivity contribution in [1.29, 1.82) is 0 Å². The molecule has 0 aliphatic heterocycles. The zero-order chi connectivity index (χ0) is 22.3. The van der Waals surface area contributed by atoms with E-state index in [1.165, 1.54) is 0 Å². The van der Waals surface area contributed by atoms with E-state index in [1.54, 1.807) is 41.5 Å². The van der Waals surface area contributed by atoms with Crippen LogP contribution < -0.4 is 0 Å². The minimum absolute atomic E-state index is 0.437. The average Bonchev–Trinajstić information content (AvgIpc) is 2.92. The average molecular weight is 400 g/mol. The van der Waals surface area contributed by atoms with Crippen molar-refractivity contribution < 1.29 is 39.6 Å². The van der Waals surface area contributed by atoms with Gasteiger partial charge in [-0.25, -0.2) is 0 Å². The summed E-state index contributed by atoms with van der Waals surface area (Å²) in [5.74, 6) is -4.68. The number of rotatable bonds is 4. The standard InChI is InChI=1S/2C10H16O4/c2*1-9(2)6(7(11)12)4-5-10(9,3)8(13)14/h2*6H,4-5H2,1-3H3,(H,11,12)(H,13,14)/t2*6-,10+/m11/s1. The fourth-order valence-corrected chi connectivity index (χ4v) is 4.63. The lowest BCUT2D eigenvalue weighted by molar-refractivity contribution is -0.159. The molecule has 28 heavy (non-hydrogen) atoms. The molecule has 0 bridgehead atoms. The van der Waals surface area contributed by atoms with Gasteiger partial charge in [-0.05, 0) is 50.4 Å². The Kier molecular flexibility index (Phi) is 6.29. The Bertz CT molecular complexity index is 622. The van der Waals surface area contributed by atoms with Gasteiger partial charge in [-0.2, -0.15) is 0 Å². The molecule has 0 aromatic heterocycles. The zero-order valence-electron chi connectivity index (χ0n) is 17.4. The molecule has 0 spiro atoms. The first-order valence-electron chi connectivity index (χ1n) is 9.39. The molecular formula is C20H32O8. The van der Waals surface area contributed by atoms with Gasteiger partial charge in [-0.3, -0.25) is 19.2 Å². The van der Waals surface area contributed by atoms with Gasteiger partial charge in [-0.1, -0.05) is 27.7 Å². The summed E-state index contributed by atoms with van der Waals surface area (Å²) in [5.41, 5.74) is -3.22. The predicted octanol–water partition coefficient (Wildman–Crippen LogP) is 3.20. The van der Waals surface area contributed by atoms with Gasteiger partial charge in [0.05, 0.1) is 22.7 Å². The largest absolute Gasteiger partial charge is 0.481 e. The van der Waals surface area contributed by atoms with E-state index >= 15 is 0 Å². The molecule has 0 aromatic rings. The second kappa shape index (κ2) is 7.37. The Morgan fingerprint density at radius 2 is 0.857 bits per heavy atom. The van der Waals surface area contributed by atoms with Gasteiger partial charge in [0.25, 0.3) is 0 Å². The minimum Gasteiger partial charge on any atom is -0.481 e. The highest BCUT2D eigenvalue weighted by Gasteiger charge is 2.59. The third-order valence-corrected chi connectivity index (χ3v) is 7.99.